The number of hydrogen-bond donors (Lipinski definition) is 1. The minimum atomic E-state index is -0.241. The van der Waals surface area contributed by atoms with Crippen LogP contribution >= 0.6 is 15.9 Å². The first-order chi connectivity index (χ1) is 6.69. The van der Waals surface area contributed by atoms with Gasteiger partial charge in [-0.3, -0.25) is 4.79 Å². The van der Waals surface area contributed by atoms with E-state index < -0.39 is 0 Å². The first kappa shape index (κ1) is 10.8. The number of carbonyl (C=O) groups excluding carboxylic acids is 1. The summed E-state index contributed by atoms with van der Waals surface area (Å²) in [6.45, 7) is 2.03. The molecule has 0 heterocycles. The Balaban J connectivity index is 3.10. The van der Waals surface area contributed by atoms with Gasteiger partial charge in [0.05, 0.1) is 0 Å². The highest BCUT2D eigenvalue weighted by atomic mass is 79.9. The van der Waals surface area contributed by atoms with E-state index in [1.54, 1.807) is 6.07 Å². The zero-order valence-electron chi connectivity index (χ0n) is 7.80. The SMILES string of the molecule is CCc1cc(C(=O)C#CN)ccc1Br. The third-order valence-corrected chi connectivity index (χ3v) is 2.65. The maximum absolute atomic E-state index is 11.4. The van der Waals surface area contributed by atoms with E-state index in [4.69, 9.17) is 5.73 Å². The highest BCUT2D eigenvalue weighted by Crippen LogP contribution is 2.18. The minimum Gasteiger partial charge on any atom is -0.359 e. The van der Waals surface area contributed by atoms with Crippen LogP contribution in [-0.4, -0.2) is 5.78 Å². The number of benzene rings is 1. The zero-order chi connectivity index (χ0) is 10.6. The Morgan fingerprint density at radius 3 is 2.86 bits per heavy atom. The maximum Gasteiger partial charge on any atom is 0.237 e. The molecule has 72 valence electrons. The number of rotatable bonds is 2. The summed E-state index contributed by atoms with van der Waals surface area (Å²) in [6.07, 6.45) is 0.873. The molecule has 0 aliphatic carbocycles. The van der Waals surface area contributed by atoms with E-state index >= 15 is 0 Å². The fourth-order valence-corrected chi connectivity index (χ4v) is 1.65. The van der Waals surface area contributed by atoms with Crippen LogP contribution in [0.3, 0.4) is 0 Å². The molecule has 1 rings (SSSR count). The average molecular weight is 252 g/mol. The summed E-state index contributed by atoms with van der Waals surface area (Å²) in [7, 11) is 0. The Labute approximate surface area is 91.6 Å². The minimum absolute atomic E-state index is 0.241. The van der Waals surface area contributed by atoms with Crippen LogP contribution in [0.4, 0.5) is 0 Å². The predicted molar refractivity (Wildman–Crippen MR) is 59.8 cm³/mol. The van der Waals surface area contributed by atoms with Crippen molar-refractivity contribution in [2.45, 2.75) is 13.3 Å². The lowest BCUT2D eigenvalue weighted by Crippen LogP contribution is -1.98. The molecule has 0 unspecified atom stereocenters. The highest BCUT2D eigenvalue weighted by Gasteiger charge is 2.05. The van der Waals surface area contributed by atoms with Crippen molar-refractivity contribution < 1.29 is 4.79 Å². The van der Waals surface area contributed by atoms with Crippen LogP contribution < -0.4 is 5.73 Å². The molecule has 0 saturated heterocycles. The molecule has 1 aromatic rings. The lowest BCUT2D eigenvalue weighted by atomic mass is 10.1. The molecule has 0 saturated carbocycles. The lowest BCUT2D eigenvalue weighted by molar-refractivity contribution is 0.105. The van der Waals surface area contributed by atoms with E-state index in [1.165, 1.54) is 0 Å². The lowest BCUT2D eigenvalue weighted by Gasteiger charge is -2.02. The summed E-state index contributed by atoms with van der Waals surface area (Å²) in [4.78, 5) is 11.4. The summed E-state index contributed by atoms with van der Waals surface area (Å²) in [5.41, 5.74) is 6.65. The number of ketones is 1. The molecule has 2 nitrogen and oxygen atoms in total. The van der Waals surface area contributed by atoms with Crippen LogP contribution in [0.5, 0.6) is 0 Å². The largest absolute Gasteiger partial charge is 0.359 e. The predicted octanol–water partition coefficient (Wildman–Crippen LogP) is 2.11. The van der Waals surface area contributed by atoms with Crippen molar-refractivity contribution in [2.75, 3.05) is 0 Å². The summed E-state index contributed by atoms with van der Waals surface area (Å²) in [6, 6.07) is 7.52. The number of aryl methyl sites for hydroxylation is 1. The number of carbonyl (C=O) groups is 1. The van der Waals surface area contributed by atoms with Gasteiger partial charge in [-0.25, -0.2) is 0 Å². The molecule has 0 aliphatic heterocycles. The number of hydrogen-bond acceptors (Lipinski definition) is 2. The van der Waals surface area contributed by atoms with Gasteiger partial charge in [-0.2, -0.15) is 0 Å². The molecule has 0 aliphatic rings. The first-order valence-electron chi connectivity index (χ1n) is 4.23. The smallest absolute Gasteiger partial charge is 0.237 e. The molecule has 1 aromatic carbocycles. The van der Waals surface area contributed by atoms with Crippen molar-refractivity contribution in [2.24, 2.45) is 5.73 Å². The van der Waals surface area contributed by atoms with Gasteiger partial charge in [0.2, 0.25) is 5.78 Å². The molecular formula is C11H10BrNO. The Morgan fingerprint density at radius 2 is 2.29 bits per heavy atom. The molecule has 0 spiro atoms. The number of nitrogens with two attached hydrogens (primary N) is 1. The number of Topliss-reactive ketones (excluding diaryl/α,β-unsaturated/α-hetero) is 1. The number of halogens is 1. The normalized spacial score (nSPS) is 9.00. The van der Waals surface area contributed by atoms with Crippen molar-refractivity contribution in [3.8, 4) is 12.0 Å². The fraction of sp³-hybridized carbons (Fsp3) is 0.182. The van der Waals surface area contributed by atoms with Crippen LogP contribution in [0.2, 0.25) is 0 Å². The third kappa shape index (κ3) is 2.36. The summed E-state index contributed by atoms with van der Waals surface area (Å²) in [5, 5.41) is 0. The van der Waals surface area contributed by atoms with Gasteiger partial charge in [-0.05, 0) is 36.1 Å². The summed E-state index contributed by atoms with van der Waals surface area (Å²) < 4.78 is 1.01. The zero-order valence-corrected chi connectivity index (χ0v) is 9.39. The van der Waals surface area contributed by atoms with E-state index in [0.29, 0.717) is 5.56 Å². The van der Waals surface area contributed by atoms with Crippen LogP contribution in [0, 0.1) is 12.0 Å². The van der Waals surface area contributed by atoms with Crippen LogP contribution in [-0.2, 0) is 6.42 Å². The standard InChI is InChI=1S/C11H10BrNO/c1-2-8-7-9(3-4-10(8)12)11(14)5-6-13/h3-4,7H,2,13H2,1H3. The van der Waals surface area contributed by atoms with Gasteiger partial charge in [0.25, 0.3) is 0 Å². The Hall–Kier alpha value is -1.27. The van der Waals surface area contributed by atoms with Gasteiger partial charge in [-0.1, -0.05) is 22.9 Å². The Bertz CT molecular complexity index is 415. The van der Waals surface area contributed by atoms with Gasteiger partial charge in [0.15, 0.2) is 0 Å². The van der Waals surface area contributed by atoms with Gasteiger partial charge in [-0.15, -0.1) is 0 Å². The van der Waals surface area contributed by atoms with Crippen molar-refractivity contribution in [3.05, 3.63) is 33.8 Å². The maximum atomic E-state index is 11.4. The van der Waals surface area contributed by atoms with Crippen molar-refractivity contribution in [3.63, 3.8) is 0 Å². The van der Waals surface area contributed by atoms with E-state index in [-0.39, 0.29) is 5.78 Å². The second-order valence-corrected chi connectivity index (χ2v) is 3.61. The monoisotopic (exact) mass is 251 g/mol. The quantitative estimate of drug-likeness (QED) is 0.497. The molecule has 0 atom stereocenters. The van der Waals surface area contributed by atoms with Crippen LogP contribution in [0.1, 0.15) is 22.8 Å². The molecular weight excluding hydrogens is 242 g/mol. The van der Waals surface area contributed by atoms with E-state index in [1.807, 2.05) is 19.1 Å². The molecule has 2 N–H and O–H groups in total. The van der Waals surface area contributed by atoms with Crippen LogP contribution in [0.25, 0.3) is 0 Å². The molecule has 0 amide bonds. The van der Waals surface area contributed by atoms with E-state index in [0.717, 1.165) is 16.5 Å². The van der Waals surface area contributed by atoms with Gasteiger partial charge >= 0.3 is 0 Å². The van der Waals surface area contributed by atoms with E-state index in [9.17, 15) is 4.79 Å². The average Bonchev–Trinajstić information content (AvgIpc) is 2.19. The molecule has 0 aromatic heterocycles. The topological polar surface area (TPSA) is 43.1 Å². The molecule has 0 bridgehead atoms. The first-order valence-corrected chi connectivity index (χ1v) is 5.02. The summed E-state index contributed by atoms with van der Waals surface area (Å²) >= 11 is 3.41. The van der Waals surface area contributed by atoms with Crippen LogP contribution in [0.15, 0.2) is 22.7 Å². The second kappa shape index (κ2) is 4.83. The van der Waals surface area contributed by atoms with Crippen molar-refractivity contribution >= 4 is 21.7 Å². The van der Waals surface area contributed by atoms with Crippen molar-refractivity contribution in [1.29, 1.82) is 0 Å². The Kier molecular flexibility index (Phi) is 3.73. The molecule has 0 radical (unpaired) electrons. The molecule has 3 heteroatoms. The Morgan fingerprint density at radius 1 is 1.57 bits per heavy atom. The second-order valence-electron chi connectivity index (χ2n) is 2.76. The van der Waals surface area contributed by atoms with Crippen molar-refractivity contribution in [1.82, 2.24) is 0 Å². The molecule has 14 heavy (non-hydrogen) atoms. The van der Waals surface area contributed by atoms with E-state index in [2.05, 4.69) is 27.9 Å². The summed E-state index contributed by atoms with van der Waals surface area (Å²) in [5.74, 6) is 2.07. The van der Waals surface area contributed by atoms with Gasteiger partial charge in [0.1, 0.15) is 0 Å². The van der Waals surface area contributed by atoms with Gasteiger partial charge < -0.3 is 5.73 Å². The fourth-order valence-electron chi connectivity index (χ4n) is 1.12. The highest BCUT2D eigenvalue weighted by molar-refractivity contribution is 9.10. The van der Waals surface area contributed by atoms with Gasteiger partial charge in [0, 0.05) is 16.1 Å². The molecule has 0 fully saturated rings. The third-order valence-electron chi connectivity index (χ3n) is 1.87.